The maximum absolute atomic E-state index is 9.97. The molecule has 1 saturated heterocycles. The Morgan fingerprint density at radius 3 is 2.65 bits per heavy atom. The van der Waals surface area contributed by atoms with Crippen molar-refractivity contribution in [3.05, 3.63) is 83.4 Å². The summed E-state index contributed by atoms with van der Waals surface area (Å²) in [6.45, 7) is 2.75. The van der Waals surface area contributed by atoms with E-state index in [-0.39, 0.29) is 12.1 Å². The molecule has 2 heterocycles. The molecule has 0 spiro atoms. The Morgan fingerprint density at radius 2 is 1.90 bits per heavy atom. The van der Waals surface area contributed by atoms with Crippen LogP contribution in [0, 0.1) is 11.3 Å². The summed E-state index contributed by atoms with van der Waals surface area (Å²) in [6, 6.07) is 18.4. The van der Waals surface area contributed by atoms with Crippen LogP contribution in [0.25, 0.3) is 0 Å². The van der Waals surface area contributed by atoms with Crippen LogP contribution in [0.1, 0.15) is 35.2 Å². The number of imidazole rings is 1. The Kier molecular flexibility index (Phi) is 6.66. The molecule has 0 saturated carbocycles. The second kappa shape index (κ2) is 9.78. The van der Waals surface area contributed by atoms with Crippen LogP contribution < -0.4 is 10.6 Å². The molecule has 0 unspecified atom stereocenters. The Hall–Kier alpha value is -3.14. The van der Waals surface area contributed by atoms with Crippen molar-refractivity contribution in [2.75, 3.05) is 25.0 Å². The second-order valence-electron chi connectivity index (χ2n) is 8.34. The zero-order chi connectivity index (χ0) is 21.5. The summed E-state index contributed by atoms with van der Waals surface area (Å²) in [6.07, 6.45) is 7.46. The first kappa shape index (κ1) is 21.1. The third kappa shape index (κ3) is 5.32. The van der Waals surface area contributed by atoms with Gasteiger partial charge in [-0.3, -0.25) is 0 Å². The van der Waals surface area contributed by atoms with Crippen molar-refractivity contribution in [3.8, 4) is 6.07 Å². The van der Waals surface area contributed by atoms with Crippen LogP contribution in [-0.4, -0.2) is 39.9 Å². The molecular weight excluding hydrogens is 386 g/mol. The highest BCUT2D eigenvalue weighted by atomic mass is 16.3. The van der Waals surface area contributed by atoms with E-state index in [1.807, 2.05) is 36.8 Å². The summed E-state index contributed by atoms with van der Waals surface area (Å²) in [4.78, 5) is 4.34. The molecule has 1 aliphatic heterocycles. The van der Waals surface area contributed by atoms with Gasteiger partial charge < -0.3 is 20.3 Å². The highest BCUT2D eigenvalue weighted by Gasteiger charge is 2.31. The standard InChI is InChI=1S/C25H29N5O/c26-15-21-4-6-22(7-5-21)17-30-19-28-16-24(30)9-8-20-2-1-3-23(14-20)29-25(18-31)10-12-27-13-11-25/h1-7,14,16,19,27,29,31H,8-13,17-18H2. The van der Waals surface area contributed by atoms with E-state index < -0.39 is 0 Å². The average molecular weight is 416 g/mol. The molecule has 160 valence electrons. The van der Waals surface area contributed by atoms with Gasteiger partial charge in [-0.25, -0.2) is 4.98 Å². The summed E-state index contributed by atoms with van der Waals surface area (Å²) < 4.78 is 2.17. The number of piperidine rings is 1. The number of rotatable bonds is 8. The van der Waals surface area contributed by atoms with Crippen LogP contribution in [0.3, 0.4) is 0 Å². The topological polar surface area (TPSA) is 85.9 Å². The number of nitriles is 1. The first-order valence-electron chi connectivity index (χ1n) is 10.9. The molecule has 0 atom stereocenters. The van der Waals surface area contributed by atoms with E-state index in [0.29, 0.717) is 5.56 Å². The third-order valence-electron chi connectivity index (χ3n) is 6.10. The SMILES string of the molecule is N#Cc1ccc(Cn2cncc2CCc2cccc(NC3(CO)CCNCC3)c2)cc1. The molecule has 1 fully saturated rings. The zero-order valence-electron chi connectivity index (χ0n) is 17.7. The highest BCUT2D eigenvalue weighted by Crippen LogP contribution is 2.25. The van der Waals surface area contributed by atoms with Crippen molar-refractivity contribution in [2.45, 2.75) is 37.8 Å². The maximum atomic E-state index is 9.97. The molecule has 0 radical (unpaired) electrons. The number of aliphatic hydroxyl groups excluding tert-OH is 1. The molecule has 0 aliphatic carbocycles. The summed E-state index contributed by atoms with van der Waals surface area (Å²) in [5.74, 6) is 0. The van der Waals surface area contributed by atoms with Crippen molar-refractivity contribution in [1.29, 1.82) is 5.26 Å². The zero-order valence-corrected chi connectivity index (χ0v) is 17.7. The highest BCUT2D eigenvalue weighted by molar-refractivity contribution is 5.48. The third-order valence-corrected chi connectivity index (χ3v) is 6.10. The average Bonchev–Trinajstić information content (AvgIpc) is 3.26. The fraction of sp³-hybridized carbons (Fsp3) is 0.360. The van der Waals surface area contributed by atoms with Crippen molar-refractivity contribution in [2.24, 2.45) is 0 Å². The monoisotopic (exact) mass is 415 g/mol. The number of aryl methyl sites for hydroxylation is 2. The van der Waals surface area contributed by atoms with E-state index in [4.69, 9.17) is 5.26 Å². The van der Waals surface area contributed by atoms with Gasteiger partial charge in [0, 0.05) is 24.1 Å². The quantitative estimate of drug-likeness (QED) is 0.526. The van der Waals surface area contributed by atoms with E-state index in [1.165, 1.54) is 11.3 Å². The molecular formula is C25H29N5O. The van der Waals surface area contributed by atoms with Crippen molar-refractivity contribution >= 4 is 5.69 Å². The van der Waals surface area contributed by atoms with Gasteiger partial charge in [-0.15, -0.1) is 0 Å². The van der Waals surface area contributed by atoms with Crippen LogP contribution in [0.2, 0.25) is 0 Å². The molecule has 3 aromatic rings. The van der Waals surface area contributed by atoms with Gasteiger partial charge in [0.1, 0.15) is 0 Å². The van der Waals surface area contributed by atoms with E-state index in [1.54, 1.807) is 0 Å². The van der Waals surface area contributed by atoms with Crippen LogP contribution in [-0.2, 0) is 19.4 Å². The second-order valence-corrected chi connectivity index (χ2v) is 8.34. The summed E-state index contributed by atoms with van der Waals surface area (Å²) in [7, 11) is 0. The van der Waals surface area contributed by atoms with E-state index >= 15 is 0 Å². The number of nitrogens with one attached hydrogen (secondary N) is 2. The summed E-state index contributed by atoms with van der Waals surface area (Å²) in [5, 5.41) is 25.9. The van der Waals surface area contributed by atoms with Crippen LogP contribution in [0.5, 0.6) is 0 Å². The maximum Gasteiger partial charge on any atom is 0.0991 e. The fourth-order valence-corrected chi connectivity index (χ4v) is 4.19. The molecule has 1 aliphatic rings. The Bertz CT molecular complexity index is 1030. The molecule has 3 N–H and O–H groups in total. The minimum Gasteiger partial charge on any atom is -0.394 e. The van der Waals surface area contributed by atoms with E-state index in [0.717, 1.165) is 56.6 Å². The number of aromatic nitrogens is 2. The molecule has 31 heavy (non-hydrogen) atoms. The van der Waals surface area contributed by atoms with Crippen molar-refractivity contribution in [3.63, 3.8) is 0 Å². The molecule has 1 aromatic heterocycles. The molecule has 2 aromatic carbocycles. The minimum absolute atomic E-state index is 0.146. The van der Waals surface area contributed by atoms with Gasteiger partial charge in [-0.05, 0) is 74.2 Å². The van der Waals surface area contributed by atoms with Gasteiger partial charge in [-0.2, -0.15) is 5.26 Å². The van der Waals surface area contributed by atoms with Gasteiger partial charge >= 0.3 is 0 Å². The largest absolute Gasteiger partial charge is 0.394 e. The van der Waals surface area contributed by atoms with Crippen molar-refractivity contribution < 1.29 is 5.11 Å². The van der Waals surface area contributed by atoms with Crippen molar-refractivity contribution in [1.82, 2.24) is 14.9 Å². The van der Waals surface area contributed by atoms with Crippen LogP contribution in [0.4, 0.5) is 5.69 Å². The summed E-state index contributed by atoms with van der Waals surface area (Å²) >= 11 is 0. The first-order valence-corrected chi connectivity index (χ1v) is 10.9. The number of benzene rings is 2. The van der Waals surface area contributed by atoms with Gasteiger partial charge in [0.05, 0.1) is 30.1 Å². The number of hydrogen-bond donors (Lipinski definition) is 3. The lowest BCUT2D eigenvalue weighted by Crippen LogP contribution is -2.50. The first-order chi connectivity index (χ1) is 15.2. The van der Waals surface area contributed by atoms with Gasteiger partial charge in [0.2, 0.25) is 0 Å². The van der Waals surface area contributed by atoms with Crippen LogP contribution in [0.15, 0.2) is 61.1 Å². The predicted molar refractivity (Wildman–Crippen MR) is 122 cm³/mol. The molecule has 6 heteroatoms. The van der Waals surface area contributed by atoms with E-state index in [9.17, 15) is 5.11 Å². The molecule has 0 bridgehead atoms. The summed E-state index contributed by atoms with van der Waals surface area (Å²) in [5.41, 5.74) is 5.12. The lowest BCUT2D eigenvalue weighted by atomic mass is 9.88. The minimum atomic E-state index is -0.233. The number of anilines is 1. The Labute approximate surface area is 183 Å². The predicted octanol–water partition coefficient (Wildman–Crippen LogP) is 3.11. The lowest BCUT2D eigenvalue weighted by Gasteiger charge is -2.37. The molecule has 4 rings (SSSR count). The Morgan fingerprint density at radius 1 is 1.10 bits per heavy atom. The number of nitrogens with zero attached hydrogens (tertiary/aromatic N) is 3. The Balaban J connectivity index is 1.39. The lowest BCUT2D eigenvalue weighted by molar-refractivity contribution is 0.179. The van der Waals surface area contributed by atoms with Crippen LogP contribution >= 0.6 is 0 Å². The number of hydrogen-bond acceptors (Lipinski definition) is 5. The number of aliphatic hydroxyl groups is 1. The van der Waals surface area contributed by atoms with E-state index in [2.05, 4.69) is 50.5 Å². The molecule has 0 amide bonds. The fourth-order valence-electron chi connectivity index (χ4n) is 4.19. The van der Waals surface area contributed by atoms with Gasteiger partial charge in [0.15, 0.2) is 0 Å². The normalized spacial score (nSPS) is 15.4. The van der Waals surface area contributed by atoms with Gasteiger partial charge in [0.25, 0.3) is 0 Å². The molecule has 6 nitrogen and oxygen atoms in total. The smallest absolute Gasteiger partial charge is 0.0991 e. The van der Waals surface area contributed by atoms with Gasteiger partial charge in [-0.1, -0.05) is 24.3 Å².